The van der Waals surface area contributed by atoms with Crippen LogP contribution in [-0.2, 0) is 18.7 Å². The van der Waals surface area contributed by atoms with Gasteiger partial charge in [-0.05, 0) is 77.1 Å². The molecule has 1 nitrogen and oxygen atoms in total. The Balaban J connectivity index is 1.30. The maximum Gasteiger partial charge on any atom is 0.426 e. The molecule has 0 N–H and O–H groups in total. The van der Waals surface area contributed by atoms with Gasteiger partial charge in [0.2, 0.25) is 0 Å². The van der Waals surface area contributed by atoms with Crippen LogP contribution >= 0.6 is 0 Å². The Hall–Kier alpha value is -4.66. The van der Waals surface area contributed by atoms with Crippen LogP contribution in [0.3, 0.4) is 0 Å². The number of alkyl halides is 5. The Morgan fingerprint density at radius 1 is 0.543 bits per heavy atom. The molecule has 0 aliphatic rings. The number of hydrogen-bond acceptors (Lipinski definition) is 1. The number of rotatable bonds is 10. The Labute approximate surface area is 261 Å². The van der Waals surface area contributed by atoms with E-state index in [1.165, 1.54) is 35.9 Å². The fourth-order valence-electron chi connectivity index (χ4n) is 5.13. The molecule has 0 saturated carbocycles. The molecule has 46 heavy (non-hydrogen) atoms. The monoisotopic (exact) mass is 640 g/mol. The van der Waals surface area contributed by atoms with Crippen LogP contribution in [0.5, 0.6) is 5.75 Å². The third kappa shape index (κ3) is 7.41. The Morgan fingerprint density at radius 3 is 1.70 bits per heavy atom. The van der Waals surface area contributed by atoms with Gasteiger partial charge in [-0.3, -0.25) is 0 Å². The first-order valence-electron chi connectivity index (χ1n) is 14.6. The molecule has 238 valence electrons. The van der Waals surface area contributed by atoms with E-state index in [1.807, 2.05) is 24.3 Å². The summed E-state index contributed by atoms with van der Waals surface area (Å²) < 4.78 is 116. The van der Waals surface area contributed by atoms with Crippen molar-refractivity contribution in [3.63, 3.8) is 0 Å². The van der Waals surface area contributed by atoms with Crippen molar-refractivity contribution in [2.45, 2.75) is 44.9 Å². The van der Waals surface area contributed by atoms with Gasteiger partial charge in [0.1, 0.15) is 23.2 Å². The highest BCUT2D eigenvalue weighted by molar-refractivity contribution is 5.74. The SMILES string of the molecule is CCCCCc1ccc(-c2ccc(-c3ccc(-c4ccc(C(F)(F)Oc5ccc(C(F)(F)F)c(F)c5)cc4)c(F)c3)c(F)c2)cc1. The molecule has 0 amide bonds. The topological polar surface area (TPSA) is 9.23 Å². The molecule has 5 aromatic rings. The predicted octanol–water partition coefficient (Wildman–Crippen LogP) is 12.0. The molecule has 0 saturated heterocycles. The molecule has 0 heterocycles. The summed E-state index contributed by atoms with van der Waals surface area (Å²) in [5.41, 5.74) is 1.24. The number of hydrogen-bond donors (Lipinski definition) is 0. The average Bonchev–Trinajstić information content (AvgIpc) is 3.01. The number of benzene rings is 5. The zero-order valence-corrected chi connectivity index (χ0v) is 24.6. The summed E-state index contributed by atoms with van der Waals surface area (Å²) in [6.45, 7) is 2.15. The van der Waals surface area contributed by atoms with Gasteiger partial charge in [-0.2, -0.15) is 22.0 Å². The zero-order valence-electron chi connectivity index (χ0n) is 24.6. The first kappa shape index (κ1) is 32.7. The van der Waals surface area contributed by atoms with Gasteiger partial charge < -0.3 is 4.74 Å². The standard InChI is InChI=1S/C37H28F8O/c1-2-3-4-5-23-6-8-24(9-7-23)26-12-17-31(33(38)20-26)27-13-18-30(34(39)21-27)25-10-14-28(15-11-25)37(44,45)46-29-16-19-32(35(40)22-29)36(41,42)43/h6-22H,2-5H2,1H3. The van der Waals surface area contributed by atoms with Gasteiger partial charge in [0.05, 0.1) is 11.1 Å². The molecular formula is C37H28F8O. The second-order valence-electron chi connectivity index (χ2n) is 10.9. The molecule has 0 aromatic heterocycles. The van der Waals surface area contributed by atoms with Crippen molar-refractivity contribution in [1.29, 1.82) is 0 Å². The van der Waals surface area contributed by atoms with Gasteiger partial charge in [0.15, 0.2) is 0 Å². The van der Waals surface area contributed by atoms with Gasteiger partial charge in [-0.25, -0.2) is 13.2 Å². The van der Waals surface area contributed by atoms with Crippen LogP contribution in [-0.4, -0.2) is 0 Å². The second kappa shape index (κ2) is 13.4. The summed E-state index contributed by atoms with van der Waals surface area (Å²) in [5, 5.41) is 0. The summed E-state index contributed by atoms with van der Waals surface area (Å²) >= 11 is 0. The van der Waals surface area contributed by atoms with Crippen molar-refractivity contribution in [2.24, 2.45) is 0 Å². The van der Waals surface area contributed by atoms with E-state index >= 15 is 8.78 Å². The molecule has 0 atom stereocenters. The molecule has 0 aliphatic carbocycles. The Bertz CT molecular complexity index is 1810. The summed E-state index contributed by atoms with van der Waals surface area (Å²) in [4.78, 5) is 0. The highest BCUT2D eigenvalue weighted by Gasteiger charge is 2.37. The fraction of sp³-hybridized carbons (Fsp3) is 0.189. The quantitative estimate of drug-likeness (QED) is 0.109. The Kier molecular flexibility index (Phi) is 9.51. The van der Waals surface area contributed by atoms with Crippen LogP contribution < -0.4 is 4.74 Å². The van der Waals surface area contributed by atoms with Crippen molar-refractivity contribution in [1.82, 2.24) is 0 Å². The lowest BCUT2D eigenvalue weighted by molar-refractivity contribution is -0.185. The van der Waals surface area contributed by atoms with Crippen LogP contribution in [0.2, 0.25) is 0 Å². The number of unbranched alkanes of at least 4 members (excludes halogenated alkanes) is 2. The summed E-state index contributed by atoms with van der Waals surface area (Å²) in [6.07, 6.45) is -4.62. The molecular weight excluding hydrogens is 612 g/mol. The molecule has 5 rings (SSSR count). The molecule has 5 aromatic carbocycles. The van der Waals surface area contributed by atoms with Crippen LogP contribution in [0.25, 0.3) is 33.4 Å². The van der Waals surface area contributed by atoms with Crippen LogP contribution in [0.4, 0.5) is 35.1 Å². The highest BCUT2D eigenvalue weighted by atomic mass is 19.4. The van der Waals surface area contributed by atoms with Crippen molar-refractivity contribution in [3.05, 3.63) is 137 Å². The van der Waals surface area contributed by atoms with Crippen molar-refractivity contribution in [2.75, 3.05) is 0 Å². The molecule has 0 bridgehead atoms. The van der Waals surface area contributed by atoms with Gasteiger partial charge >= 0.3 is 12.3 Å². The van der Waals surface area contributed by atoms with E-state index in [2.05, 4.69) is 11.7 Å². The van der Waals surface area contributed by atoms with Crippen molar-refractivity contribution in [3.8, 4) is 39.1 Å². The molecule has 0 aliphatic heterocycles. The van der Waals surface area contributed by atoms with Gasteiger partial charge in [0.25, 0.3) is 0 Å². The van der Waals surface area contributed by atoms with Crippen molar-refractivity contribution < 1.29 is 39.9 Å². The molecule has 0 unspecified atom stereocenters. The maximum atomic E-state index is 15.2. The lowest BCUT2D eigenvalue weighted by Gasteiger charge is -2.19. The lowest BCUT2D eigenvalue weighted by Crippen LogP contribution is -2.22. The number of halogens is 8. The van der Waals surface area contributed by atoms with Crippen LogP contribution in [0.1, 0.15) is 42.9 Å². The molecule has 0 fully saturated rings. The van der Waals surface area contributed by atoms with Gasteiger partial charge in [-0.15, -0.1) is 0 Å². The van der Waals surface area contributed by atoms with E-state index in [0.29, 0.717) is 17.7 Å². The Morgan fingerprint density at radius 2 is 1.11 bits per heavy atom. The largest absolute Gasteiger partial charge is 0.429 e. The van der Waals surface area contributed by atoms with E-state index in [-0.39, 0.29) is 28.3 Å². The summed E-state index contributed by atoms with van der Waals surface area (Å²) in [6, 6.07) is 22.2. The first-order valence-corrected chi connectivity index (χ1v) is 14.6. The number of aryl methyl sites for hydroxylation is 1. The van der Waals surface area contributed by atoms with Crippen LogP contribution in [0, 0.1) is 17.5 Å². The fourth-order valence-corrected chi connectivity index (χ4v) is 5.13. The molecule has 0 spiro atoms. The van der Waals surface area contributed by atoms with E-state index in [1.54, 1.807) is 12.1 Å². The van der Waals surface area contributed by atoms with Gasteiger partial charge in [-0.1, -0.05) is 80.4 Å². The highest BCUT2D eigenvalue weighted by Crippen LogP contribution is 2.37. The van der Waals surface area contributed by atoms with Gasteiger partial charge in [0, 0.05) is 17.2 Å². The zero-order chi connectivity index (χ0) is 33.1. The maximum absolute atomic E-state index is 15.2. The third-order valence-corrected chi connectivity index (χ3v) is 7.63. The van der Waals surface area contributed by atoms with Crippen LogP contribution in [0.15, 0.2) is 103 Å². The number of ether oxygens (including phenoxy) is 1. The average molecular weight is 641 g/mol. The predicted molar refractivity (Wildman–Crippen MR) is 162 cm³/mol. The van der Waals surface area contributed by atoms with E-state index in [0.717, 1.165) is 49.4 Å². The van der Waals surface area contributed by atoms with E-state index in [4.69, 9.17) is 0 Å². The first-order chi connectivity index (χ1) is 21.9. The summed E-state index contributed by atoms with van der Waals surface area (Å²) in [5.74, 6) is -3.81. The van der Waals surface area contributed by atoms with E-state index in [9.17, 15) is 26.3 Å². The molecule has 9 heteroatoms. The second-order valence-corrected chi connectivity index (χ2v) is 10.9. The summed E-state index contributed by atoms with van der Waals surface area (Å²) in [7, 11) is 0. The minimum Gasteiger partial charge on any atom is -0.429 e. The molecule has 0 radical (unpaired) electrons. The minimum atomic E-state index is -4.99. The normalized spacial score (nSPS) is 11.9. The minimum absolute atomic E-state index is 0.0698. The van der Waals surface area contributed by atoms with E-state index < -0.39 is 46.6 Å². The van der Waals surface area contributed by atoms with Crippen molar-refractivity contribution >= 4 is 0 Å². The lowest BCUT2D eigenvalue weighted by atomic mass is 9.96. The smallest absolute Gasteiger partial charge is 0.426 e. The third-order valence-electron chi connectivity index (χ3n) is 7.63.